The summed E-state index contributed by atoms with van der Waals surface area (Å²) in [5.41, 5.74) is -1.38. The van der Waals surface area contributed by atoms with Gasteiger partial charge < -0.3 is 19.5 Å². The minimum absolute atomic E-state index is 0.0247. The number of thiophene rings is 2. The molecule has 1 fully saturated rings. The topological polar surface area (TPSA) is 76.1 Å². The van der Waals surface area contributed by atoms with Crippen molar-refractivity contribution < 1.29 is 24.2 Å². The molecular formula is C28H33NO5S2. The molecule has 0 bridgehead atoms. The zero-order valence-electron chi connectivity index (χ0n) is 21.1. The largest absolute Gasteiger partial charge is 0.460 e. The van der Waals surface area contributed by atoms with E-state index in [4.69, 9.17) is 9.47 Å². The zero-order chi connectivity index (χ0) is 25.9. The van der Waals surface area contributed by atoms with Gasteiger partial charge in [0.25, 0.3) is 0 Å². The van der Waals surface area contributed by atoms with Crippen LogP contribution in [-0.2, 0) is 19.9 Å². The third kappa shape index (κ3) is 5.82. The molecule has 2 aromatic heterocycles. The average Bonchev–Trinajstić information content (AvgIpc) is 3.56. The van der Waals surface area contributed by atoms with Crippen LogP contribution in [0.5, 0.6) is 0 Å². The summed E-state index contributed by atoms with van der Waals surface area (Å²) >= 11 is 2.72. The first-order chi connectivity index (χ1) is 17.1. The molecule has 1 aromatic carbocycles. The lowest BCUT2D eigenvalue weighted by Gasteiger charge is -2.36. The van der Waals surface area contributed by atoms with E-state index >= 15 is 0 Å². The highest BCUT2D eigenvalue weighted by Gasteiger charge is 2.45. The van der Waals surface area contributed by atoms with Gasteiger partial charge in [0.1, 0.15) is 11.7 Å². The number of esters is 1. The van der Waals surface area contributed by atoms with Gasteiger partial charge in [0.2, 0.25) is 5.60 Å². The molecule has 6 nitrogen and oxygen atoms in total. The lowest BCUT2D eigenvalue weighted by molar-refractivity contribution is -0.169. The Labute approximate surface area is 220 Å². The van der Waals surface area contributed by atoms with E-state index in [-0.39, 0.29) is 18.2 Å². The van der Waals surface area contributed by atoms with E-state index in [9.17, 15) is 14.7 Å². The van der Waals surface area contributed by atoms with Crippen molar-refractivity contribution in [2.45, 2.75) is 69.8 Å². The molecule has 0 unspecified atom stereocenters. The van der Waals surface area contributed by atoms with Gasteiger partial charge in [0, 0.05) is 18.0 Å². The monoisotopic (exact) mass is 527 g/mol. The van der Waals surface area contributed by atoms with Crippen molar-refractivity contribution >= 4 is 34.7 Å². The maximum absolute atomic E-state index is 13.5. The molecule has 1 aliphatic carbocycles. The van der Waals surface area contributed by atoms with Crippen LogP contribution in [0.3, 0.4) is 0 Å². The molecule has 0 aliphatic heterocycles. The highest BCUT2D eigenvalue weighted by Crippen LogP contribution is 2.41. The summed E-state index contributed by atoms with van der Waals surface area (Å²) < 4.78 is 11.4. The fourth-order valence-electron chi connectivity index (χ4n) is 4.37. The zero-order valence-corrected chi connectivity index (χ0v) is 22.7. The van der Waals surface area contributed by atoms with Crippen molar-refractivity contribution in [3.8, 4) is 10.4 Å². The molecule has 1 N–H and O–H groups in total. The van der Waals surface area contributed by atoms with Crippen LogP contribution in [0.25, 0.3) is 10.4 Å². The van der Waals surface area contributed by atoms with Crippen molar-refractivity contribution in [2.24, 2.45) is 0 Å². The van der Waals surface area contributed by atoms with Crippen LogP contribution < -0.4 is 0 Å². The lowest BCUT2D eigenvalue weighted by atomic mass is 9.91. The third-order valence-corrected chi connectivity index (χ3v) is 8.56. The van der Waals surface area contributed by atoms with E-state index in [0.717, 1.165) is 10.4 Å². The summed E-state index contributed by atoms with van der Waals surface area (Å²) in [5, 5.41) is 13.6. The Balaban J connectivity index is 1.45. The number of hydrogen-bond donors (Lipinski definition) is 1. The van der Waals surface area contributed by atoms with E-state index in [1.807, 2.05) is 68.6 Å². The molecule has 4 rings (SSSR count). The summed E-state index contributed by atoms with van der Waals surface area (Å²) in [6.45, 7) is 5.54. The first kappa shape index (κ1) is 26.4. The molecule has 1 saturated carbocycles. The smallest absolute Gasteiger partial charge is 0.410 e. The molecule has 192 valence electrons. The molecule has 3 aromatic rings. The van der Waals surface area contributed by atoms with Gasteiger partial charge in [-0.2, -0.15) is 0 Å². The quantitative estimate of drug-likeness (QED) is 0.374. The van der Waals surface area contributed by atoms with Crippen molar-refractivity contribution in [1.29, 1.82) is 0 Å². The SMILES string of the molecule is CN(C(=O)OC(C)(C)C)[C@H]1CC[C@H](OC(=O)[C@](O)(c2cccs2)c2ccc(-c3ccccc3)s2)CC1. The molecular weight excluding hydrogens is 494 g/mol. The molecule has 0 saturated heterocycles. The predicted molar refractivity (Wildman–Crippen MR) is 143 cm³/mol. The van der Waals surface area contributed by atoms with Gasteiger partial charge in [0.15, 0.2) is 0 Å². The van der Waals surface area contributed by atoms with E-state index in [0.29, 0.717) is 35.4 Å². The first-order valence-corrected chi connectivity index (χ1v) is 13.9. The van der Waals surface area contributed by atoms with Crippen LogP contribution in [-0.4, -0.2) is 46.9 Å². The maximum atomic E-state index is 13.5. The van der Waals surface area contributed by atoms with Crippen LogP contribution >= 0.6 is 22.7 Å². The number of carbonyl (C=O) groups excluding carboxylic acids is 2. The number of amides is 1. The van der Waals surface area contributed by atoms with E-state index in [2.05, 4.69) is 0 Å². The first-order valence-electron chi connectivity index (χ1n) is 12.2. The minimum Gasteiger partial charge on any atom is -0.460 e. The van der Waals surface area contributed by atoms with Crippen LogP contribution in [0.15, 0.2) is 60.0 Å². The van der Waals surface area contributed by atoms with Gasteiger partial charge in [-0.15, -0.1) is 22.7 Å². The van der Waals surface area contributed by atoms with Crippen LogP contribution in [0.2, 0.25) is 0 Å². The summed E-state index contributed by atoms with van der Waals surface area (Å²) in [6, 6.07) is 17.2. The van der Waals surface area contributed by atoms with Gasteiger partial charge >= 0.3 is 12.1 Å². The van der Waals surface area contributed by atoms with Crippen LogP contribution in [0.4, 0.5) is 4.79 Å². The van der Waals surface area contributed by atoms with Crippen molar-refractivity contribution in [3.63, 3.8) is 0 Å². The van der Waals surface area contributed by atoms with Gasteiger partial charge in [0.05, 0.1) is 9.75 Å². The third-order valence-electron chi connectivity index (χ3n) is 6.34. The number of carbonyl (C=O) groups is 2. The molecule has 2 heterocycles. The second-order valence-electron chi connectivity index (χ2n) is 10.1. The normalized spacial score (nSPS) is 19.8. The molecule has 36 heavy (non-hydrogen) atoms. The van der Waals surface area contributed by atoms with E-state index < -0.39 is 17.2 Å². The van der Waals surface area contributed by atoms with Gasteiger partial charge in [-0.05, 0) is 75.6 Å². The molecule has 0 spiro atoms. The molecule has 1 atom stereocenters. The summed E-state index contributed by atoms with van der Waals surface area (Å²) in [4.78, 5) is 29.6. The van der Waals surface area contributed by atoms with E-state index in [1.165, 1.54) is 22.7 Å². The number of aliphatic hydroxyl groups is 1. The Morgan fingerprint density at radius 2 is 1.64 bits per heavy atom. The van der Waals surface area contributed by atoms with Crippen molar-refractivity contribution in [2.75, 3.05) is 7.05 Å². The van der Waals surface area contributed by atoms with Crippen LogP contribution in [0, 0.1) is 0 Å². The second-order valence-corrected chi connectivity index (χ2v) is 12.2. The Morgan fingerprint density at radius 3 is 2.25 bits per heavy atom. The van der Waals surface area contributed by atoms with Gasteiger partial charge in [-0.1, -0.05) is 36.4 Å². The van der Waals surface area contributed by atoms with Gasteiger partial charge in [-0.25, -0.2) is 9.59 Å². The fraction of sp³-hybridized carbons (Fsp3) is 0.429. The molecule has 0 radical (unpaired) electrons. The predicted octanol–water partition coefficient (Wildman–Crippen LogP) is 6.43. The Kier molecular flexibility index (Phi) is 7.87. The lowest BCUT2D eigenvalue weighted by Crippen LogP contribution is -2.44. The highest BCUT2D eigenvalue weighted by atomic mass is 32.1. The maximum Gasteiger partial charge on any atom is 0.410 e. The van der Waals surface area contributed by atoms with Crippen molar-refractivity contribution in [1.82, 2.24) is 4.90 Å². The highest BCUT2D eigenvalue weighted by molar-refractivity contribution is 7.16. The molecule has 1 amide bonds. The average molecular weight is 528 g/mol. The number of rotatable bonds is 6. The van der Waals surface area contributed by atoms with Gasteiger partial charge in [-0.3, -0.25) is 0 Å². The number of ether oxygens (including phenoxy) is 2. The van der Waals surface area contributed by atoms with E-state index in [1.54, 1.807) is 24.1 Å². The molecule has 8 heteroatoms. The Morgan fingerprint density at radius 1 is 0.944 bits per heavy atom. The summed E-state index contributed by atoms with van der Waals surface area (Å²) in [5.74, 6) is -0.657. The summed E-state index contributed by atoms with van der Waals surface area (Å²) in [7, 11) is 1.75. The Bertz CT molecular complexity index is 1160. The molecule has 1 aliphatic rings. The fourth-order valence-corrected chi connectivity index (χ4v) is 6.36. The summed E-state index contributed by atoms with van der Waals surface area (Å²) in [6.07, 6.45) is 1.96. The standard InChI is InChI=1S/C28H33NO5S2/c1-27(2,3)34-26(31)29(4)20-12-14-21(15-13-20)33-25(30)28(32,23-11-8-18-35-23)24-17-16-22(36-24)19-9-6-5-7-10-19/h5-11,16-18,20-21,32H,12-15H2,1-4H3/t20-,21-,28-/m0/s1. The minimum atomic E-state index is -1.87. The number of nitrogens with zero attached hydrogens (tertiary/aromatic N) is 1. The number of hydrogen-bond acceptors (Lipinski definition) is 7. The second kappa shape index (κ2) is 10.7. The Hall–Kier alpha value is -2.68. The van der Waals surface area contributed by atoms with Crippen LogP contribution in [0.1, 0.15) is 56.2 Å². The number of benzene rings is 1. The van der Waals surface area contributed by atoms with Crippen molar-refractivity contribution in [3.05, 3.63) is 69.7 Å².